The maximum absolute atomic E-state index is 11.1. The van der Waals surface area contributed by atoms with Gasteiger partial charge >= 0.3 is 0 Å². The number of hydrogen-bond donors (Lipinski definition) is 1. The first-order valence-corrected chi connectivity index (χ1v) is 7.12. The molecule has 0 spiro atoms. The third-order valence-electron chi connectivity index (χ3n) is 3.31. The molecule has 0 unspecified atom stereocenters. The predicted molar refractivity (Wildman–Crippen MR) is 84.6 cm³/mol. The lowest BCUT2D eigenvalue weighted by molar-refractivity contribution is -0.383. The monoisotopic (exact) mass is 324 g/mol. The van der Waals surface area contributed by atoms with Gasteiger partial charge in [0.15, 0.2) is 0 Å². The Hall–Kier alpha value is -2.28. The van der Waals surface area contributed by atoms with Gasteiger partial charge in [-0.1, -0.05) is 18.5 Å². The summed E-state index contributed by atoms with van der Waals surface area (Å²) in [6, 6.07) is 4.53. The van der Waals surface area contributed by atoms with Crippen LogP contribution in [0.1, 0.15) is 18.2 Å². The van der Waals surface area contributed by atoms with Gasteiger partial charge in [0.1, 0.15) is 5.69 Å². The zero-order valence-electron chi connectivity index (χ0n) is 12.6. The second-order valence-corrected chi connectivity index (χ2v) is 5.12. The Morgan fingerprint density at radius 2 is 2.23 bits per heavy atom. The van der Waals surface area contributed by atoms with Crippen LogP contribution in [-0.4, -0.2) is 21.8 Å². The molecule has 0 radical (unpaired) electrons. The highest BCUT2D eigenvalue weighted by molar-refractivity contribution is 6.30. The summed E-state index contributed by atoms with van der Waals surface area (Å²) in [7, 11) is 3.37. The SMILES string of the molecule is CCc1nn(C)c(OC)c1CNc1ccc(Cl)cc1[N+](=O)[O-]. The van der Waals surface area contributed by atoms with E-state index in [2.05, 4.69) is 10.4 Å². The van der Waals surface area contributed by atoms with Crippen LogP contribution in [0.25, 0.3) is 0 Å². The fourth-order valence-electron chi connectivity index (χ4n) is 2.31. The summed E-state index contributed by atoms with van der Waals surface area (Å²) in [5.74, 6) is 0.640. The topological polar surface area (TPSA) is 82.2 Å². The number of nitro benzene ring substituents is 1. The first-order valence-electron chi connectivity index (χ1n) is 6.74. The minimum Gasteiger partial charge on any atom is -0.481 e. The van der Waals surface area contributed by atoms with E-state index in [1.165, 1.54) is 6.07 Å². The summed E-state index contributed by atoms with van der Waals surface area (Å²) in [5, 5.41) is 18.9. The molecule has 0 aliphatic heterocycles. The van der Waals surface area contributed by atoms with Crippen molar-refractivity contribution < 1.29 is 9.66 Å². The Balaban J connectivity index is 2.29. The molecular weight excluding hydrogens is 308 g/mol. The number of aryl methyl sites for hydroxylation is 2. The highest BCUT2D eigenvalue weighted by atomic mass is 35.5. The Bertz CT molecular complexity index is 700. The second kappa shape index (κ2) is 6.65. The van der Waals surface area contributed by atoms with Crippen molar-refractivity contribution in [3.63, 3.8) is 0 Å². The molecule has 0 aliphatic carbocycles. The van der Waals surface area contributed by atoms with Crippen LogP contribution in [0, 0.1) is 10.1 Å². The number of hydrogen-bond acceptors (Lipinski definition) is 5. The fourth-order valence-corrected chi connectivity index (χ4v) is 2.48. The molecule has 0 saturated carbocycles. The molecule has 1 N–H and O–H groups in total. The zero-order valence-corrected chi connectivity index (χ0v) is 13.3. The number of aromatic nitrogens is 2. The van der Waals surface area contributed by atoms with Crippen LogP contribution in [-0.2, 0) is 20.0 Å². The van der Waals surface area contributed by atoms with Crippen LogP contribution in [0.3, 0.4) is 0 Å². The minimum atomic E-state index is -0.463. The van der Waals surface area contributed by atoms with E-state index in [1.807, 2.05) is 6.92 Å². The molecule has 118 valence electrons. The molecule has 1 aromatic heterocycles. The number of anilines is 1. The third kappa shape index (κ3) is 3.14. The van der Waals surface area contributed by atoms with Gasteiger partial charge in [-0.05, 0) is 18.6 Å². The van der Waals surface area contributed by atoms with Crippen molar-refractivity contribution in [2.75, 3.05) is 12.4 Å². The Morgan fingerprint density at radius 1 is 1.50 bits per heavy atom. The standard InChI is InChI=1S/C14H17ClN4O3/c1-4-11-10(14(22-3)18(2)17-11)8-16-12-6-5-9(15)7-13(12)19(20)21/h5-7,16H,4,8H2,1-3H3. The predicted octanol–water partition coefficient (Wildman–Crippen LogP) is 3.16. The molecule has 2 aromatic rings. The Kier molecular flexibility index (Phi) is 4.87. The first-order chi connectivity index (χ1) is 10.5. The van der Waals surface area contributed by atoms with Gasteiger partial charge in [-0.25, -0.2) is 4.68 Å². The lowest BCUT2D eigenvalue weighted by Crippen LogP contribution is -2.05. The average molecular weight is 325 g/mol. The van der Waals surface area contributed by atoms with E-state index in [1.54, 1.807) is 31.0 Å². The number of benzene rings is 1. The summed E-state index contributed by atoms with van der Waals surface area (Å²) in [6.07, 6.45) is 0.747. The zero-order chi connectivity index (χ0) is 16.3. The number of methoxy groups -OCH3 is 1. The highest BCUT2D eigenvalue weighted by Gasteiger charge is 2.18. The number of nitrogens with zero attached hydrogens (tertiary/aromatic N) is 3. The van der Waals surface area contributed by atoms with Crippen molar-refractivity contribution in [2.24, 2.45) is 7.05 Å². The lowest BCUT2D eigenvalue weighted by atomic mass is 10.2. The molecule has 22 heavy (non-hydrogen) atoms. The van der Waals surface area contributed by atoms with Crippen molar-refractivity contribution in [1.29, 1.82) is 0 Å². The van der Waals surface area contributed by atoms with Crippen LogP contribution in [0.15, 0.2) is 18.2 Å². The summed E-state index contributed by atoms with van der Waals surface area (Å²) in [6.45, 7) is 2.37. The maximum Gasteiger partial charge on any atom is 0.293 e. The molecule has 0 bridgehead atoms. The molecule has 0 fully saturated rings. The minimum absolute atomic E-state index is 0.0617. The van der Waals surface area contributed by atoms with Gasteiger partial charge in [0, 0.05) is 24.7 Å². The summed E-state index contributed by atoms with van der Waals surface area (Å²) >= 11 is 5.81. The van der Waals surface area contributed by atoms with Gasteiger partial charge in [-0.2, -0.15) is 5.10 Å². The molecule has 0 atom stereocenters. The Morgan fingerprint density at radius 3 is 2.82 bits per heavy atom. The molecule has 8 heteroatoms. The normalized spacial score (nSPS) is 10.5. The summed E-state index contributed by atoms with van der Waals surface area (Å²) in [4.78, 5) is 10.6. The quantitative estimate of drug-likeness (QED) is 0.652. The van der Waals surface area contributed by atoms with E-state index in [-0.39, 0.29) is 5.69 Å². The smallest absolute Gasteiger partial charge is 0.293 e. The van der Waals surface area contributed by atoms with E-state index in [4.69, 9.17) is 16.3 Å². The number of nitrogens with one attached hydrogen (secondary N) is 1. The van der Waals surface area contributed by atoms with Crippen molar-refractivity contribution in [3.05, 3.63) is 44.6 Å². The number of ether oxygens (including phenoxy) is 1. The van der Waals surface area contributed by atoms with Gasteiger partial charge in [-0.15, -0.1) is 0 Å². The van der Waals surface area contributed by atoms with Crippen LogP contribution in [0.2, 0.25) is 5.02 Å². The van der Waals surface area contributed by atoms with Crippen LogP contribution in [0.4, 0.5) is 11.4 Å². The van der Waals surface area contributed by atoms with Gasteiger partial charge in [0.05, 0.1) is 23.3 Å². The first kappa shape index (κ1) is 16.1. The molecule has 1 heterocycles. The molecule has 0 amide bonds. The molecule has 1 aromatic carbocycles. The van der Waals surface area contributed by atoms with Crippen LogP contribution >= 0.6 is 11.6 Å². The second-order valence-electron chi connectivity index (χ2n) is 4.68. The van der Waals surface area contributed by atoms with Crippen molar-refractivity contribution in [2.45, 2.75) is 19.9 Å². The molecule has 2 rings (SSSR count). The van der Waals surface area contributed by atoms with E-state index in [0.29, 0.717) is 23.1 Å². The largest absolute Gasteiger partial charge is 0.481 e. The molecule has 0 saturated heterocycles. The number of rotatable bonds is 6. The number of halogens is 1. The maximum atomic E-state index is 11.1. The van der Waals surface area contributed by atoms with Crippen molar-refractivity contribution in [1.82, 2.24) is 9.78 Å². The van der Waals surface area contributed by atoms with E-state index in [9.17, 15) is 10.1 Å². The van der Waals surface area contributed by atoms with Crippen molar-refractivity contribution in [3.8, 4) is 5.88 Å². The third-order valence-corrected chi connectivity index (χ3v) is 3.55. The van der Waals surface area contributed by atoms with Crippen LogP contribution in [0.5, 0.6) is 5.88 Å². The van der Waals surface area contributed by atoms with Crippen molar-refractivity contribution >= 4 is 23.0 Å². The molecule has 0 aliphatic rings. The van der Waals surface area contributed by atoms with Gasteiger partial charge in [0.2, 0.25) is 5.88 Å². The van der Waals surface area contributed by atoms with Gasteiger partial charge < -0.3 is 10.1 Å². The lowest BCUT2D eigenvalue weighted by Gasteiger charge is -2.09. The highest BCUT2D eigenvalue weighted by Crippen LogP contribution is 2.29. The van der Waals surface area contributed by atoms with Gasteiger partial charge in [0.25, 0.3) is 5.69 Å². The average Bonchev–Trinajstić information content (AvgIpc) is 2.80. The summed E-state index contributed by atoms with van der Waals surface area (Å²) in [5.41, 5.74) is 2.12. The molecular formula is C14H17ClN4O3. The van der Waals surface area contributed by atoms with E-state index in [0.717, 1.165) is 17.7 Å². The van der Waals surface area contributed by atoms with Crippen LogP contribution < -0.4 is 10.1 Å². The van der Waals surface area contributed by atoms with E-state index < -0.39 is 4.92 Å². The van der Waals surface area contributed by atoms with Gasteiger partial charge in [-0.3, -0.25) is 10.1 Å². The summed E-state index contributed by atoms with van der Waals surface area (Å²) < 4.78 is 7.01. The Labute approximate surface area is 133 Å². The molecule has 7 nitrogen and oxygen atoms in total. The fraction of sp³-hybridized carbons (Fsp3) is 0.357. The van der Waals surface area contributed by atoms with E-state index >= 15 is 0 Å². The number of nitro groups is 1.